The largest absolute Gasteiger partial charge is 0.361 e. The molecule has 130 valence electrons. The van der Waals surface area contributed by atoms with Crippen molar-refractivity contribution in [2.45, 2.75) is 45.1 Å². The monoisotopic (exact) mass is 336 g/mol. The first-order chi connectivity index (χ1) is 12.2. The molecule has 5 nitrogen and oxygen atoms in total. The second-order valence-electron chi connectivity index (χ2n) is 7.00. The van der Waals surface area contributed by atoms with Crippen LogP contribution in [0.5, 0.6) is 0 Å². The van der Waals surface area contributed by atoms with Gasteiger partial charge in [-0.15, -0.1) is 0 Å². The Labute approximate surface area is 147 Å². The van der Waals surface area contributed by atoms with Crippen LogP contribution in [0.2, 0.25) is 0 Å². The molecular formula is C20H24N4O. The van der Waals surface area contributed by atoms with E-state index in [2.05, 4.69) is 46.7 Å². The number of nitrogens with zero attached hydrogens (tertiary/aromatic N) is 2. The predicted octanol–water partition coefficient (Wildman–Crippen LogP) is 4.30. The highest BCUT2D eigenvalue weighted by Gasteiger charge is 2.30. The molecule has 0 radical (unpaired) electrons. The molecule has 0 saturated heterocycles. The van der Waals surface area contributed by atoms with Crippen molar-refractivity contribution < 1.29 is 4.79 Å². The molecule has 0 spiro atoms. The second-order valence-corrected chi connectivity index (χ2v) is 7.00. The summed E-state index contributed by atoms with van der Waals surface area (Å²) in [7, 11) is 0. The van der Waals surface area contributed by atoms with Crippen LogP contribution in [0.3, 0.4) is 0 Å². The average Bonchev–Trinajstić information content (AvgIpc) is 3.24. The standard InChI is InChI=1S/C20H24N4O/c1-14(15-9-10-15)24-19(11-12-22-24)23-20(25)8-4-5-16-13-21-18-7-3-2-6-17(16)18/h2-3,6-7,11-15,21H,4-5,8-10H2,1H3,(H,23,25). The van der Waals surface area contributed by atoms with Gasteiger partial charge in [-0.1, -0.05) is 18.2 Å². The Morgan fingerprint density at radius 2 is 2.20 bits per heavy atom. The summed E-state index contributed by atoms with van der Waals surface area (Å²) in [6.45, 7) is 2.18. The summed E-state index contributed by atoms with van der Waals surface area (Å²) in [5.41, 5.74) is 2.43. The number of aryl methyl sites for hydroxylation is 1. The molecule has 1 aliphatic carbocycles. The Morgan fingerprint density at radius 1 is 1.36 bits per heavy atom. The van der Waals surface area contributed by atoms with Crippen LogP contribution in [0.4, 0.5) is 5.82 Å². The van der Waals surface area contributed by atoms with Gasteiger partial charge in [-0.2, -0.15) is 5.10 Å². The number of para-hydroxylation sites is 1. The van der Waals surface area contributed by atoms with Gasteiger partial charge in [0.05, 0.1) is 12.2 Å². The van der Waals surface area contributed by atoms with Crippen molar-refractivity contribution in [1.29, 1.82) is 0 Å². The summed E-state index contributed by atoms with van der Waals surface area (Å²) in [4.78, 5) is 15.6. The van der Waals surface area contributed by atoms with Crippen LogP contribution in [0.1, 0.15) is 44.2 Å². The first kappa shape index (κ1) is 15.9. The minimum absolute atomic E-state index is 0.0598. The quantitative estimate of drug-likeness (QED) is 0.676. The van der Waals surface area contributed by atoms with Crippen LogP contribution in [0.25, 0.3) is 10.9 Å². The summed E-state index contributed by atoms with van der Waals surface area (Å²) in [6.07, 6.45) is 8.59. The number of aromatic amines is 1. The molecule has 5 heteroatoms. The number of amides is 1. The normalized spacial score (nSPS) is 15.4. The lowest BCUT2D eigenvalue weighted by Crippen LogP contribution is -2.18. The molecule has 4 rings (SSSR count). The molecule has 1 unspecified atom stereocenters. The number of fused-ring (bicyclic) bond motifs is 1. The summed E-state index contributed by atoms with van der Waals surface area (Å²) in [5.74, 6) is 1.58. The maximum absolute atomic E-state index is 12.3. The molecule has 25 heavy (non-hydrogen) atoms. The van der Waals surface area contributed by atoms with Crippen LogP contribution in [-0.4, -0.2) is 20.7 Å². The Morgan fingerprint density at radius 3 is 3.04 bits per heavy atom. The highest BCUT2D eigenvalue weighted by molar-refractivity contribution is 5.90. The van der Waals surface area contributed by atoms with Crippen LogP contribution in [0, 0.1) is 5.92 Å². The lowest BCUT2D eigenvalue weighted by molar-refractivity contribution is -0.116. The van der Waals surface area contributed by atoms with Crippen LogP contribution >= 0.6 is 0 Å². The molecular weight excluding hydrogens is 312 g/mol. The summed E-state index contributed by atoms with van der Waals surface area (Å²) in [5, 5.41) is 8.66. The minimum Gasteiger partial charge on any atom is -0.361 e. The summed E-state index contributed by atoms with van der Waals surface area (Å²) >= 11 is 0. The van der Waals surface area contributed by atoms with E-state index < -0.39 is 0 Å². The van der Waals surface area contributed by atoms with E-state index >= 15 is 0 Å². The zero-order valence-electron chi connectivity index (χ0n) is 14.5. The lowest BCUT2D eigenvalue weighted by Gasteiger charge is -2.15. The Balaban J connectivity index is 1.32. The number of H-pyrrole nitrogens is 1. The number of aromatic nitrogens is 3. The smallest absolute Gasteiger partial charge is 0.225 e. The van der Waals surface area contributed by atoms with Gasteiger partial charge in [-0.25, -0.2) is 4.68 Å². The van der Waals surface area contributed by atoms with E-state index in [-0.39, 0.29) is 5.91 Å². The zero-order chi connectivity index (χ0) is 17.2. The molecule has 2 aromatic heterocycles. The molecule has 1 aliphatic rings. The molecule has 0 aliphatic heterocycles. The minimum atomic E-state index is 0.0598. The number of carbonyl (C=O) groups is 1. The van der Waals surface area contributed by atoms with Crippen molar-refractivity contribution >= 4 is 22.6 Å². The highest BCUT2D eigenvalue weighted by atomic mass is 16.1. The third-order valence-electron chi connectivity index (χ3n) is 5.15. The van der Waals surface area contributed by atoms with Gasteiger partial charge in [0.25, 0.3) is 0 Å². The summed E-state index contributed by atoms with van der Waals surface area (Å²) in [6, 6.07) is 10.5. The van der Waals surface area contributed by atoms with Gasteiger partial charge in [-0.3, -0.25) is 4.79 Å². The average molecular weight is 336 g/mol. The highest BCUT2D eigenvalue weighted by Crippen LogP contribution is 2.40. The van der Waals surface area contributed by atoms with Crippen LogP contribution < -0.4 is 5.32 Å². The van der Waals surface area contributed by atoms with E-state index in [4.69, 9.17) is 0 Å². The van der Waals surface area contributed by atoms with E-state index in [0.29, 0.717) is 18.4 Å². The van der Waals surface area contributed by atoms with Crippen molar-refractivity contribution in [3.8, 4) is 0 Å². The predicted molar refractivity (Wildman–Crippen MR) is 99.5 cm³/mol. The van der Waals surface area contributed by atoms with Gasteiger partial charge in [0.1, 0.15) is 5.82 Å². The van der Waals surface area contributed by atoms with Crippen molar-refractivity contribution in [3.63, 3.8) is 0 Å². The van der Waals surface area contributed by atoms with Crippen molar-refractivity contribution in [2.24, 2.45) is 5.92 Å². The molecule has 0 bridgehead atoms. The first-order valence-electron chi connectivity index (χ1n) is 9.11. The molecule has 1 aromatic carbocycles. The molecule has 3 aromatic rings. The fraction of sp³-hybridized carbons (Fsp3) is 0.400. The number of hydrogen-bond acceptors (Lipinski definition) is 2. The number of carbonyl (C=O) groups excluding carboxylic acids is 1. The lowest BCUT2D eigenvalue weighted by atomic mass is 10.1. The summed E-state index contributed by atoms with van der Waals surface area (Å²) < 4.78 is 1.95. The Bertz CT molecular complexity index is 875. The Hall–Kier alpha value is -2.56. The molecule has 2 heterocycles. The van der Waals surface area contributed by atoms with E-state index in [1.165, 1.54) is 23.8 Å². The van der Waals surface area contributed by atoms with E-state index in [1.807, 2.05) is 16.8 Å². The molecule has 1 amide bonds. The molecule has 1 atom stereocenters. The third kappa shape index (κ3) is 3.45. The van der Waals surface area contributed by atoms with Crippen molar-refractivity contribution in [1.82, 2.24) is 14.8 Å². The van der Waals surface area contributed by atoms with Crippen molar-refractivity contribution in [3.05, 3.63) is 48.3 Å². The van der Waals surface area contributed by atoms with E-state index in [9.17, 15) is 4.79 Å². The maximum Gasteiger partial charge on any atom is 0.225 e. The van der Waals surface area contributed by atoms with Gasteiger partial charge >= 0.3 is 0 Å². The van der Waals surface area contributed by atoms with Gasteiger partial charge in [0.15, 0.2) is 0 Å². The Kier molecular flexibility index (Phi) is 4.30. The fourth-order valence-electron chi connectivity index (χ4n) is 3.50. The third-order valence-corrected chi connectivity index (χ3v) is 5.15. The molecule has 1 fully saturated rings. The number of nitrogens with one attached hydrogen (secondary N) is 2. The van der Waals surface area contributed by atoms with Gasteiger partial charge in [0, 0.05) is 29.6 Å². The van der Waals surface area contributed by atoms with Gasteiger partial charge in [-0.05, 0) is 50.2 Å². The fourth-order valence-corrected chi connectivity index (χ4v) is 3.50. The van der Waals surface area contributed by atoms with E-state index in [0.717, 1.165) is 24.2 Å². The molecule has 2 N–H and O–H groups in total. The number of anilines is 1. The van der Waals surface area contributed by atoms with E-state index in [1.54, 1.807) is 6.20 Å². The second kappa shape index (κ2) is 6.75. The van der Waals surface area contributed by atoms with Crippen LogP contribution in [-0.2, 0) is 11.2 Å². The molecule has 1 saturated carbocycles. The SMILES string of the molecule is CC(C1CC1)n1nccc1NC(=O)CCCc1c[nH]c2ccccc12. The number of hydrogen-bond donors (Lipinski definition) is 2. The van der Waals surface area contributed by atoms with Gasteiger partial charge < -0.3 is 10.3 Å². The number of rotatable bonds is 7. The van der Waals surface area contributed by atoms with Crippen molar-refractivity contribution in [2.75, 3.05) is 5.32 Å². The maximum atomic E-state index is 12.3. The number of benzene rings is 1. The topological polar surface area (TPSA) is 62.7 Å². The van der Waals surface area contributed by atoms with Gasteiger partial charge in [0.2, 0.25) is 5.91 Å². The zero-order valence-corrected chi connectivity index (χ0v) is 14.5. The first-order valence-corrected chi connectivity index (χ1v) is 9.11. The van der Waals surface area contributed by atoms with Crippen LogP contribution in [0.15, 0.2) is 42.7 Å².